The number of rotatable bonds is 4. The number of methoxy groups -OCH3 is 1. The second-order valence-electron chi connectivity index (χ2n) is 9.47. The summed E-state index contributed by atoms with van der Waals surface area (Å²) in [5, 5.41) is 4.18. The zero-order chi connectivity index (χ0) is 24.6. The number of nitrogens with one attached hydrogen (secondary N) is 1. The number of fused-ring (bicyclic) bond motifs is 4. The maximum atomic E-state index is 14.6. The quantitative estimate of drug-likeness (QED) is 0.427. The van der Waals surface area contributed by atoms with E-state index >= 15 is 0 Å². The SMILES string of the molecule is COc1nc(N2C3CNCC2COC3)c2c(=O)n(C3CC3)c(-c3ccc(F)c4sc(N)nc34)cc2n1. The number of hydrogen-bond donors (Lipinski definition) is 2. The fourth-order valence-electron chi connectivity index (χ4n) is 5.44. The molecule has 0 radical (unpaired) electrons. The fourth-order valence-corrected chi connectivity index (χ4v) is 6.20. The zero-order valence-corrected chi connectivity index (χ0v) is 20.3. The highest BCUT2D eigenvalue weighted by Gasteiger charge is 2.38. The second-order valence-corrected chi connectivity index (χ2v) is 10.5. The number of ether oxygens (including phenoxy) is 2. The molecule has 5 heterocycles. The fraction of sp³-hybridized carbons (Fsp3) is 0.417. The number of hydrogen-bond acceptors (Lipinski definition) is 10. The second kappa shape index (κ2) is 8.08. The molecule has 0 amide bonds. The van der Waals surface area contributed by atoms with Gasteiger partial charge in [-0.3, -0.25) is 4.79 Å². The monoisotopic (exact) mass is 509 g/mol. The highest BCUT2D eigenvalue weighted by Crippen LogP contribution is 2.42. The Kier molecular flexibility index (Phi) is 4.92. The van der Waals surface area contributed by atoms with E-state index in [0.717, 1.165) is 37.3 Å². The Morgan fingerprint density at radius 1 is 1.17 bits per heavy atom. The number of thiazole rings is 1. The van der Waals surface area contributed by atoms with Crippen molar-refractivity contribution >= 4 is 43.4 Å². The van der Waals surface area contributed by atoms with Gasteiger partial charge in [0.25, 0.3) is 5.56 Å². The summed E-state index contributed by atoms with van der Waals surface area (Å²) in [6, 6.07) is 5.26. The van der Waals surface area contributed by atoms with Crippen LogP contribution in [0.5, 0.6) is 6.01 Å². The van der Waals surface area contributed by atoms with Gasteiger partial charge in [0.1, 0.15) is 17.0 Å². The van der Waals surface area contributed by atoms with Crippen LogP contribution in [-0.2, 0) is 4.74 Å². The Morgan fingerprint density at radius 2 is 1.94 bits per heavy atom. The maximum absolute atomic E-state index is 14.6. The number of benzene rings is 1. The van der Waals surface area contributed by atoms with Gasteiger partial charge in [0, 0.05) is 24.7 Å². The van der Waals surface area contributed by atoms with Crippen LogP contribution in [0.25, 0.3) is 32.4 Å². The molecule has 2 aliphatic heterocycles. The van der Waals surface area contributed by atoms with Crippen LogP contribution in [0.2, 0.25) is 0 Å². The van der Waals surface area contributed by atoms with Gasteiger partial charge < -0.3 is 30.0 Å². The highest BCUT2D eigenvalue weighted by atomic mass is 32.1. The first-order valence-corrected chi connectivity index (χ1v) is 12.8. The molecule has 186 valence electrons. The van der Waals surface area contributed by atoms with Crippen LogP contribution in [0.15, 0.2) is 23.0 Å². The normalized spacial score (nSPS) is 21.9. The van der Waals surface area contributed by atoms with Crippen molar-refractivity contribution in [1.29, 1.82) is 0 Å². The number of nitrogen functional groups attached to an aromatic ring is 1. The van der Waals surface area contributed by atoms with Gasteiger partial charge in [0.15, 0.2) is 5.13 Å². The third kappa shape index (κ3) is 3.28. The lowest BCUT2D eigenvalue weighted by molar-refractivity contribution is 0.0523. The van der Waals surface area contributed by atoms with Gasteiger partial charge in [-0.2, -0.15) is 9.97 Å². The molecule has 3 N–H and O–H groups in total. The van der Waals surface area contributed by atoms with Crippen molar-refractivity contribution in [1.82, 2.24) is 24.8 Å². The summed E-state index contributed by atoms with van der Waals surface area (Å²) in [6.45, 7) is 2.56. The number of nitrogens with zero attached hydrogens (tertiary/aromatic N) is 5. The first-order valence-electron chi connectivity index (χ1n) is 12.0. The number of anilines is 2. The van der Waals surface area contributed by atoms with Crippen LogP contribution >= 0.6 is 11.3 Å². The van der Waals surface area contributed by atoms with E-state index < -0.39 is 0 Å². The zero-order valence-electron chi connectivity index (χ0n) is 19.5. The lowest BCUT2D eigenvalue weighted by Gasteiger charge is -2.46. The van der Waals surface area contributed by atoms with Crippen molar-refractivity contribution in [2.24, 2.45) is 0 Å². The van der Waals surface area contributed by atoms with Gasteiger partial charge in [0.2, 0.25) is 0 Å². The van der Waals surface area contributed by atoms with Crippen molar-refractivity contribution in [3.63, 3.8) is 0 Å². The van der Waals surface area contributed by atoms with E-state index in [1.54, 1.807) is 10.6 Å². The number of aromatic nitrogens is 4. The van der Waals surface area contributed by atoms with Crippen molar-refractivity contribution in [2.75, 3.05) is 44.0 Å². The molecule has 7 rings (SSSR count). The largest absolute Gasteiger partial charge is 0.467 e. The molecule has 36 heavy (non-hydrogen) atoms. The average molecular weight is 510 g/mol. The smallest absolute Gasteiger partial charge is 0.318 e. The summed E-state index contributed by atoms with van der Waals surface area (Å²) in [5.74, 6) is 0.188. The molecule has 1 aliphatic carbocycles. The average Bonchev–Trinajstić information content (AvgIpc) is 3.62. The lowest BCUT2D eigenvalue weighted by Crippen LogP contribution is -2.64. The molecule has 3 aromatic heterocycles. The third-order valence-corrected chi connectivity index (χ3v) is 8.05. The maximum Gasteiger partial charge on any atom is 0.318 e. The van der Waals surface area contributed by atoms with E-state index in [0.29, 0.717) is 51.4 Å². The minimum atomic E-state index is -0.386. The van der Waals surface area contributed by atoms with Crippen LogP contribution in [0, 0.1) is 5.82 Å². The molecule has 2 saturated heterocycles. The third-order valence-electron chi connectivity index (χ3n) is 7.16. The van der Waals surface area contributed by atoms with E-state index in [1.807, 2.05) is 6.07 Å². The summed E-state index contributed by atoms with van der Waals surface area (Å²) in [7, 11) is 1.51. The number of halogens is 1. The summed E-state index contributed by atoms with van der Waals surface area (Å²) in [6.07, 6.45) is 1.78. The molecule has 0 spiro atoms. The Balaban J connectivity index is 1.53. The Bertz CT molecular complexity index is 1560. The Morgan fingerprint density at radius 3 is 2.67 bits per heavy atom. The van der Waals surface area contributed by atoms with Crippen LogP contribution in [0.1, 0.15) is 18.9 Å². The first kappa shape index (κ1) is 21.9. The molecule has 12 heteroatoms. The molecule has 2 bridgehead atoms. The standard InChI is InChI=1S/C24H24FN7O3S/c1-34-24-28-16-6-17(14-4-5-15(25)20-19(14)29-23(26)36-20)32(11-2-3-11)22(33)18(16)21(30-24)31-12-7-27-8-13(31)10-35-9-12/h4-6,11-13,27H,2-3,7-10H2,1H3,(H2,26,29). The van der Waals surface area contributed by atoms with Gasteiger partial charge in [0.05, 0.1) is 53.8 Å². The van der Waals surface area contributed by atoms with Gasteiger partial charge in [-0.15, -0.1) is 0 Å². The topological polar surface area (TPSA) is 120 Å². The predicted octanol–water partition coefficient (Wildman–Crippen LogP) is 2.31. The van der Waals surface area contributed by atoms with E-state index in [-0.39, 0.29) is 40.6 Å². The molecule has 10 nitrogen and oxygen atoms in total. The van der Waals surface area contributed by atoms with Crippen molar-refractivity contribution in [2.45, 2.75) is 31.0 Å². The number of pyridine rings is 1. The molecule has 3 aliphatic rings. The lowest BCUT2D eigenvalue weighted by atomic mass is 10.0. The van der Waals surface area contributed by atoms with Crippen molar-refractivity contribution in [3.8, 4) is 17.3 Å². The number of piperazine rings is 1. The van der Waals surface area contributed by atoms with E-state index in [1.165, 1.54) is 13.2 Å². The van der Waals surface area contributed by atoms with Crippen LogP contribution in [0.3, 0.4) is 0 Å². The van der Waals surface area contributed by atoms with Crippen LogP contribution in [-0.4, -0.2) is 65.0 Å². The summed E-state index contributed by atoms with van der Waals surface area (Å²) in [4.78, 5) is 30.1. The van der Waals surface area contributed by atoms with Gasteiger partial charge in [-0.05, 0) is 31.0 Å². The molecule has 4 aromatic rings. The molecular formula is C24H24FN7O3S. The first-order chi connectivity index (χ1) is 17.5. The van der Waals surface area contributed by atoms with Gasteiger partial charge in [-0.25, -0.2) is 9.37 Å². The predicted molar refractivity (Wildman–Crippen MR) is 135 cm³/mol. The van der Waals surface area contributed by atoms with Crippen molar-refractivity contribution in [3.05, 3.63) is 34.4 Å². The molecule has 2 atom stereocenters. The highest BCUT2D eigenvalue weighted by molar-refractivity contribution is 7.22. The van der Waals surface area contributed by atoms with Gasteiger partial charge in [-0.1, -0.05) is 11.3 Å². The summed E-state index contributed by atoms with van der Waals surface area (Å²) < 4.78 is 28.0. The minimum absolute atomic E-state index is 0.0449. The minimum Gasteiger partial charge on any atom is -0.467 e. The van der Waals surface area contributed by atoms with E-state index in [9.17, 15) is 9.18 Å². The number of morpholine rings is 1. The summed E-state index contributed by atoms with van der Waals surface area (Å²) in [5.41, 5.74) is 7.98. The van der Waals surface area contributed by atoms with E-state index in [4.69, 9.17) is 20.2 Å². The van der Waals surface area contributed by atoms with Crippen LogP contribution < -0.4 is 26.2 Å². The van der Waals surface area contributed by atoms with E-state index in [2.05, 4.69) is 20.2 Å². The van der Waals surface area contributed by atoms with Crippen molar-refractivity contribution < 1.29 is 13.9 Å². The molecular weight excluding hydrogens is 485 g/mol. The molecule has 3 fully saturated rings. The van der Waals surface area contributed by atoms with Gasteiger partial charge >= 0.3 is 6.01 Å². The Hall–Kier alpha value is -3.35. The molecule has 1 aromatic carbocycles. The number of nitrogens with two attached hydrogens (primary N) is 1. The molecule has 2 unspecified atom stereocenters. The summed E-state index contributed by atoms with van der Waals surface area (Å²) >= 11 is 1.10. The van der Waals surface area contributed by atoms with Crippen LogP contribution in [0.4, 0.5) is 15.3 Å². The Labute approximate surface area is 208 Å². The molecule has 1 saturated carbocycles.